The maximum absolute atomic E-state index is 9.66. The van der Waals surface area contributed by atoms with Crippen molar-refractivity contribution in [2.75, 3.05) is 25.5 Å². The van der Waals surface area contributed by atoms with Gasteiger partial charge in [0.25, 0.3) is 0 Å². The summed E-state index contributed by atoms with van der Waals surface area (Å²) in [6, 6.07) is 0. The van der Waals surface area contributed by atoms with E-state index in [1.54, 1.807) is 0 Å². The van der Waals surface area contributed by atoms with E-state index in [-0.39, 0.29) is 0 Å². The van der Waals surface area contributed by atoms with E-state index in [1.807, 2.05) is 13.8 Å². The van der Waals surface area contributed by atoms with Crippen molar-refractivity contribution < 1.29 is 5.11 Å². The van der Waals surface area contributed by atoms with Gasteiger partial charge >= 0.3 is 0 Å². The van der Waals surface area contributed by atoms with Crippen LogP contribution in [0.2, 0.25) is 0 Å². The molecule has 0 heterocycles. The number of halogens is 1. The standard InChI is InChI=1S/C11H24BrNO/c1-9(2)10(6-12)7-13(5)8-11(3,4)14/h9-10,14H,6-8H2,1-5H3. The smallest absolute Gasteiger partial charge is 0.0718 e. The van der Waals surface area contributed by atoms with Crippen molar-refractivity contribution in [2.45, 2.75) is 33.3 Å². The van der Waals surface area contributed by atoms with E-state index >= 15 is 0 Å². The normalized spacial score (nSPS) is 15.2. The minimum Gasteiger partial charge on any atom is -0.389 e. The predicted octanol–water partition coefficient (Wildman–Crippen LogP) is 2.36. The zero-order valence-electron chi connectivity index (χ0n) is 10.0. The second-order valence-corrected chi connectivity index (χ2v) is 5.82. The molecule has 86 valence electrons. The Morgan fingerprint density at radius 1 is 1.36 bits per heavy atom. The van der Waals surface area contributed by atoms with Crippen molar-refractivity contribution in [3.8, 4) is 0 Å². The lowest BCUT2D eigenvalue weighted by Crippen LogP contribution is -2.39. The number of alkyl halides is 1. The van der Waals surface area contributed by atoms with Crippen LogP contribution in [0.25, 0.3) is 0 Å². The first kappa shape index (κ1) is 14.4. The summed E-state index contributed by atoms with van der Waals surface area (Å²) in [5, 5.41) is 10.7. The SMILES string of the molecule is CC(C)C(CBr)CN(C)CC(C)(C)O. The number of hydrogen-bond acceptors (Lipinski definition) is 2. The van der Waals surface area contributed by atoms with Crippen LogP contribution >= 0.6 is 15.9 Å². The van der Waals surface area contributed by atoms with Crippen LogP contribution in [0.5, 0.6) is 0 Å². The molecule has 0 spiro atoms. The Morgan fingerprint density at radius 2 is 1.86 bits per heavy atom. The molecule has 1 N–H and O–H groups in total. The van der Waals surface area contributed by atoms with Gasteiger partial charge in [-0.1, -0.05) is 29.8 Å². The molecule has 1 atom stereocenters. The molecule has 0 amide bonds. The van der Waals surface area contributed by atoms with Crippen molar-refractivity contribution in [2.24, 2.45) is 11.8 Å². The van der Waals surface area contributed by atoms with Crippen LogP contribution in [0, 0.1) is 11.8 Å². The van der Waals surface area contributed by atoms with E-state index in [0.29, 0.717) is 11.8 Å². The average molecular weight is 266 g/mol. The van der Waals surface area contributed by atoms with Gasteiger partial charge in [-0.2, -0.15) is 0 Å². The maximum Gasteiger partial charge on any atom is 0.0718 e. The third-order valence-corrected chi connectivity index (χ3v) is 3.18. The molecule has 14 heavy (non-hydrogen) atoms. The minimum absolute atomic E-state index is 0.595. The van der Waals surface area contributed by atoms with Gasteiger partial charge in [0, 0.05) is 18.4 Å². The lowest BCUT2D eigenvalue weighted by molar-refractivity contribution is 0.0392. The average Bonchev–Trinajstić information content (AvgIpc) is 1.96. The summed E-state index contributed by atoms with van der Waals surface area (Å²) in [6.07, 6.45) is 0. The van der Waals surface area contributed by atoms with Crippen LogP contribution < -0.4 is 0 Å². The highest BCUT2D eigenvalue weighted by molar-refractivity contribution is 9.09. The molecule has 0 radical (unpaired) electrons. The third kappa shape index (κ3) is 6.80. The first-order valence-electron chi connectivity index (χ1n) is 5.23. The first-order chi connectivity index (χ1) is 6.26. The van der Waals surface area contributed by atoms with Crippen LogP contribution in [0.3, 0.4) is 0 Å². The Bertz CT molecular complexity index is 154. The molecular weight excluding hydrogens is 242 g/mol. The molecule has 0 aromatic rings. The molecule has 3 heteroatoms. The molecule has 0 bridgehead atoms. The van der Waals surface area contributed by atoms with E-state index < -0.39 is 5.60 Å². The van der Waals surface area contributed by atoms with Gasteiger partial charge in [-0.15, -0.1) is 0 Å². The second-order valence-electron chi connectivity index (χ2n) is 5.17. The topological polar surface area (TPSA) is 23.5 Å². The Balaban J connectivity index is 3.97. The molecule has 0 aliphatic rings. The van der Waals surface area contributed by atoms with E-state index in [1.165, 1.54) is 0 Å². The number of nitrogens with zero attached hydrogens (tertiary/aromatic N) is 1. The molecule has 1 unspecified atom stereocenters. The zero-order chi connectivity index (χ0) is 11.4. The summed E-state index contributed by atoms with van der Waals surface area (Å²) < 4.78 is 0. The highest BCUT2D eigenvalue weighted by Crippen LogP contribution is 2.15. The van der Waals surface area contributed by atoms with Gasteiger partial charge in [-0.25, -0.2) is 0 Å². The van der Waals surface area contributed by atoms with Crippen LogP contribution in [0.15, 0.2) is 0 Å². The number of rotatable bonds is 6. The van der Waals surface area contributed by atoms with Crippen molar-refractivity contribution in [1.82, 2.24) is 4.90 Å². The van der Waals surface area contributed by atoms with Crippen molar-refractivity contribution in [3.63, 3.8) is 0 Å². The number of likely N-dealkylation sites (N-methyl/N-ethyl adjacent to an activating group) is 1. The Labute approximate surface area is 96.8 Å². The van der Waals surface area contributed by atoms with E-state index in [4.69, 9.17) is 0 Å². The fourth-order valence-electron chi connectivity index (χ4n) is 1.56. The lowest BCUT2D eigenvalue weighted by atomic mass is 9.97. The van der Waals surface area contributed by atoms with Crippen molar-refractivity contribution in [1.29, 1.82) is 0 Å². The van der Waals surface area contributed by atoms with Gasteiger partial charge in [0.1, 0.15) is 0 Å². The Morgan fingerprint density at radius 3 is 2.14 bits per heavy atom. The molecule has 0 aromatic heterocycles. The molecule has 0 aromatic carbocycles. The number of hydrogen-bond donors (Lipinski definition) is 1. The molecule has 0 aliphatic heterocycles. The van der Waals surface area contributed by atoms with Crippen molar-refractivity contribution in [3.05, 3.63) is 0 Å². The summed E-state index contributed by atoms with van der Waals surface area (Å²) in [7, 11) is 2.07. The fraction of sp³-hybridized carbons (Fsp3) is 1.00. The monoisotopic (exact) mass is 265 g/mol. The van der Waals surface area contributed by atoms with Crippen LogP contribution in [-0.4, -0.2) is 41.1 Å². The number of aliphatic hydroxyl groups is 1. The molecule has 0 rings (SSSR count). The largest absolute Gasteiger partial charge is 0.389 e. The quantitative estimate of drug-likeness (QED) is 0.746. The summed E-state index contributed by atoms with van der Waals surface area (Å²) in [5.74, 6) is 1.33. The van der Waals surface area contributed by atoms with E-state index in [0.717, 1.165) is 18.4 Å². The van der Waals surface area contributed by atoms with Gasteiger partial charge < -0.3 is 10.0 Å². The second kappa shape index (κ2) is 6.09. The van der Waals surface area contributed by atoms with Gasteiger partial charge in [0.15, 0.2) is 0 Å². The fourth-order valence-corrected chi connectivity index (χ4v) is 2.52. The van der Waals surface area contributed by atoms with Crippen LogP contribution in [0.1, 0.15) is 27.7 Å². The summed E-state index contributed by atoms with van der Waals surface area (Å²) in [6.45, 7) is 9.94. The molecule has 2 nitrogen and oxygen atoms in total. The maximum atomic E-state index is 9.66. The predicted molar refractivity (Wildman–Crippen MR) is 65.9 cm³/mol. The molecule has 0 aliphatic carbocycles. The molecule has 0 fully saturated rings. The third-order valence-electron chi connectivity index (χ3n) is 2.34. The highest BCUT2D eigenvalue weighted by atomic mass is 79.9. The van der Waals surface area contributed by atoms with Gasteiger partial charge in [0.05, 0.1) is 5.60 Å². The highest BCUT2D eigenvalue weighted by Gasteiger charge is 2.19. The first-order valence-corrected chi connectivity index (χ1v) is 6.35. The van der Waals surface area contributed by atoms with Crippen LogP contribution in [-0.2, 0) is 0 Å². The lowest BCUT2D eigenvalue weighted by Gasteiger charge is -2.29. The summed E-state index contributed by atoms with van der Waals surface area (Å²) in [5.41, 5.74) is -0.595. The molecule has 0 saturated heterocycles. The van der Waals surface area contributed by atoms with Gasteiger partial charge in [-0.3, -0.25) is 0 Å². The van der Waals surface area contributed by atoms with Gasteiger partial charge in [0.2, 0.25) is 0 Å². The molecular formula is C11H24BrNO. The van der Waals surface area contributed by atoms with E-state index in [2.05, 4.69) is 41.7 Å². The summed E-state index contributed by atoms with van der Waals surface area (Å²) in [4.78, 5) is 2.20. The Kier molecular flexibility index (Phi) is 6.26. The minimum atomic E-state index is -0.595. The zero-order valence-corrected chi connectivity index (χ0v) is 11.6. The van der Waals surface area contributed by atoms with Gasteiger partial charge in [-0.05, 0) is 32.7 Å². The van der Waals surface area contributed by atoms with Crippen LogP contribution in [0.4, 0.5) is 0 Å². The Hall–Kier alpha value is 0.400. The van der Waals surface area contributed by atoms with Crippen molar-refractivity contribution >= 4 is 15.9 Å². The molecule has 0 saturated carbocycles. The van der Waals surface area contributed by atoms with E-state index in [9.17, 15) is 5.11 Å². The summed E-state index contributed by atoms with van der Waals surface area (Å²) >= 11 is 3.54.